The minimum absolute atomic E-state index is 0.0128. The molecule has 0 aliphatic heterocycles. The third-order valence-electron chi connectivity index (χ3n) is 2.41. The maximum absolute atomic E-state index is 13.5. The van der Waals surface area contributed by atoms with Crippen molar-refractivity contribution in [2.75, 3.05) is 11.9 Å². The number of nitrogens with zero attached hydrogens (tertiary/aromatic N) is 2. The van der Waals surface area contributed by atoms with Crippen LogP contribution in [0.25, 0.3) is 0 Å². The maximum atomic E-state index is 13.5. The molecule has 0 saturated carbocycles. The highest BCUT2D eigenvalue weighted by Crippen LogP contribution is 2.17. The molecule has 1 aromatic carbocycles. The van der Waals surface area contributed by atoms with Crippen LogP contribution >= 0.6 is 11.3 Å². The number of amides is 1. The zero-order valence-electron chi connectivity index (χ0n) is 11.1. The molecule has 1 N–H and O–H groups in total. The lowest BCUT2D eigenvalue weighted by atomic mass is 10.2. The van der Waals surface area contributed by atoms with E-state index in [2.05, 4.69) is 15.5 Å². The van der Waals surface area contributed by atoms with Gasteiger partial charge in [-0.3, -0.25) is 14.9 Å². The Morgan fingerprint density at radius 3 is 2.81 bits per heavy atom. The number of halogens is 1. The molecular weight excluding hydrogens is 297 g/mol. The van der Waals surface area contributed by atoms with E-state index in [1.54, 1.807) is 13.0 Å². The third kappa shape index (κ3) is 4.06. The molecule has 0 saturated heterocycles. The monoisotopic (exact) mass is 309 g/mol. The highest BCUT2D eigenvalue weighted by molar-refractivity contribution is 7.15. The van der Waals surface area contributed by atoms with E-state index in [1.165, 1.54) is 18.2 Å². The van der Waals surface area contributed by atoms with E-state index in [9.17, 15) is 14.0 Å². The first-order valence-corrected chi connectivity index (χ1v) is 6.95. The lowest BCUT2D eigenvalue weighted by Gasteiger charge is -2.01. The normalized spacial score (nSPS) is 10.2. The molecule has 0 aliphatic carbocycles. The number of aromatic nitrogens is 2. The molecule has 1 heterocycles. The van der Waals surface area contributed by atoms with Crippen molar-refractivity contribution < 1.29 is 18.7 Å². The van der Waals surface area contributed by atoms with Gasteiger partial charge in [0.15, 0.2) is 0 Å². The third-order valence-corrected chi connectivity index (χ3v) is 3.25. The van der Waals surface area contributed by atoms with Gasteiger partial charge in [-0.2, -0.15) is 0 Å². The lowest BCUT2D eigenvalue weighted by Crippen LogP contribution is -2.13. The van der Waals surface area contributed by atoms with Crippen molar-refractivity contribution in [2.45, 2.75) is 13.3 Å². The molecule has 0 bridgehead atoms. The van der Waals surface area contributed by atoms with E-state index in [0.29, 0.717) is 5.01 Å². The van der Waals surface area contributed by atoms with E-state index >= 15 is 0 Å². The number of hydrogen-bond donors (Lipinski definition) is 1. The van der Waals surface area contributed by atoms with Crippen LogP contribution in [-0.4, -0.2) is 28.7 Å². The predicted octanol–water partition coefficient (Wildman–Crippen LogP) is 2.04. The van der Waals surface area contributed by atoms with Crippen LogP contribution in [0.4, 0.5) is 9.52 Å². The molecule has 110 valence electrons. The number of rotatable bonds is 5. The molecular formula is C13H12FN3O3S. The summed E-state index contributed by atoms with van der Waals surface area (Å²) in [6.45, 7) is 1.99. The van der Waals surface area contributed by atoms with Gasteiger partial charge >= 0.3 is 5.97 Å². The van der Waals surface area contributed by atoms with Crippen molar-refractivity contribution in [3.63, 3.8) is 0 Å². The van der Waals surface area contributed by atoms with Gasteiger partial charge in [-0.25, -0.2) is 4.39 Å². The second kappa shape index (κ2) is 6.89. The average molecular weight is 309 g/mol. The van der Waals surface area contributed by atoms with E-state index < -0.39 is 17.7 Å². The molecule has 1 amide bonds. The molecule has 6 nitrogen and oxygen atoms in total. The second-order valence-electron chi connectivity index (χ2n) is 3.92. The zero-order valence-corrected chi connectivity index (χ0v) is 11.9. The highest BCUT2D eigenvalue weighted by Gasteiger charge is 2.15. The Morgan fingerprint density at radius 1 is 1.33 bits per heavy atom. The van der Waals surface area contributed by atoms with Gasteiger partial charge in [-0.1, -0.05) is 23.5 Å². The number of carbonyl (C=O) groups excluding carboxylic acids is 2. The van der Waals surface area contributed by atoms with Crippen LogP contribution in [0.2, 0.25) is 0 Å². The number of esters is 1. The number of nitrogens with one attached hydrogen (secondary N) is 1. The molecule has 0 aliphatic rings. The summed E-state index contributed by atoms with van der Waals surface area (Å²) in [4.78, 5) is 23.2. The molecule has 2 rings (SSSR count). The van der Waals surface area contributed by atoms with Gasteiger partial charge in [0.05, 0.1) is 18.6 Å². The van der Waals surface area contributed by atoms with Crippen LogP contribution in [0.3, 0.4) is 0 Å². The number of ether oxygens (including phenoxy) is 1. The Labute approximate surface area is 124 Å². The fourth-order valence-corrected chi connectivity index (χ4v) is 2.24. The van der Waals surface area contributed by atoms with Gasteiger partial charge in [-0.05, 0) is 19.1 Å². The Balaban J connectivity index is 2.01. The summed E-state index contributed by atoms with van der Waals surface area (Å²) in [6, 6.07) is 5.62. The quantitative estimate of drug-likeness (QED) is 0.855. The summed E-state index contributed by atoms with van der Waals surface area (Å²) >= 11 is 1.04. The largest absolute Gasteiger partial charge is 0.466 e. The molecule has 1 aromatic heterocycles. The highest BCUT2D eigenvalue weighted by atomic mass is 32.1. The van der Waals surface area contributed by atoms with E-state index in [4.69, 9.17) is 4.74 Å². The molecule has 8 heteroatoms. The fourth-order valence-electron chi connectivity index (χ4n) is 1.52. The predicted molar refractivity (Wildman–Crippen MR) is 74.6 cm³/mol. The van der Waals surface area contributed by atoms with Crippen LogP contribution in [0.15, 0.2) is 24.3 Å². The van der Waals surface area contributed by atoms with Gasteiger partial charge in [-0.15, -0.1) is 10.2 Å². The Hall–Kier alpha value is -2.35. The standard InChI is InChI=1S/C13H12FN3O3S/c1-2-20-11(18)7-10-16-17-13(21-10)15-12(19)8-5-3-4-6-9(8)14/h3-6H,2,7H2,1H3,(H,15,17,19). The summed E-state index contributed by atoms with van der Waals surface area (Å²) in [7, 11) is 0. The second-order valence-corrected chi connectivity index (χ2v) is 4.98. The Morgan fingerprint density at radius 2 is 2.10 bits per heavy atom. The van der Waals surface area contributed by atoms with E-state index in [1.807, 2.05) is 0 Å². The van der Waals surface area contributed by atoms with Crippen LogP contribution in [-0.2, 0) is 16.0 Å². The summed E-state index contributed by atoms with van der Waals surface area (Å²) in [5.74, 6) is -1.65. The van der Waals surface area contributed by atoms with Gasteiger partial charge in [0, 0.05) is 0 Å². The summed E-state index contributed by atoms with van der Waals surface area (Å²) in [5.41, 5.74) is -0.0837. The van der Waals surface area contributed by atoms with Crippen molar-refractivity contribution in [2.24, 2.45) is 0 Å². The number of benzene rings is 1. The lowest BCUT2D eigenvalue weighted by molar-refractivity contribution is -0.142. The van der Waals surface area contributed by atoms with E-state index in [0.717, 1.165) is 11.3 Å². The molecule has 0 radical (unpaired) electrons. The number of hydrogen-bond acceptors (Lipinski definition) is 6. The van der Waals surface area contributed by atoms with Crippen molar-refractivity contribution in [3.8, 4) is 0 Å². The molecule has 0 fully saturated rings. The van der Waals surface area contributed by atoms with Crippen molar-refractivity contribution >= 4 is 28.3 Å². The van der Waals surface area contributed by atoms with Crippen molar-refractivity contribution in [3.05, 3.63) is 40.7 Å². The van der Waals surface area contributed by atoms with Crippen LogP contribution in [0, 0.1) is 5.82 Å². The van der Waals surface area contributed by atoms with E-state index in [-0.39, 0.29) is 23.7 Å². The first kappa shape index (κ1) is 15.0. The van der Waals surface area contributed by atoms with Crippen LogP contribution in [0.1, 0.15) is 22.3 Å². The van der Waals surface area contributed by atoms with Gasteiger partial charge in [0.2, 0.25) is 5.13 Å². The maximum Gasteiger partial charge on any atom is 0.312 e. The first-order valence-electron chi connectivity index (χ1n) is 6.14. The smallest absolute Gasteiger partial charge is 0.312 e. The molecule has 2 aromatic rings. The number of anilines is 1. The first-order chi connectivity index (χ1) is 10.1. The summed E-state index contributed by atoms with van der Waals surface area (Å²) in [5, 5.41) is 10.5. The van der Waals surface area contributed by atoms with Crippen molar-refractivity contribution in [1.29, 1.82) is 0 Å². The van der Waals surface area contributed by atoms with Gasteiger partial charge < -0.3 is 4.74 Å². The fraction of sp³-hybridized carbons (Fsp3) is 0.231. The number of carbonyl (C=O) groups is 2. The Kier molecular flexibility index (Phi) is 4.94. The molecule has 0 unspecified atom stereocenters. The van der Waals surface area contributed by atoms with Crippen molar-refractivity contribution in [1.82, 2.24) is 10.2 Å². The average Bonchev–Trinajstić information content (AvgIpc) is 2.86. The molecule has 0 spiro atoms. The molecule has 21 heavy (non-hydrogen) atoms. The van der Waals surface area contributed by atoms with Crippen LogP contribution < -0.4 is 5.32 Å². The SMILES string of the molecule is CCOC(=O)Cc1nnc(NC(=O)c2ccccc2F)s1. The minimum Gasteiger partial charge on any atom is -0.466 e. The van der Waals surface area contributed by atoms with Crippen LogP contribution in [0.5, 0.6) is 0 Å². The summed E-state index contributed by atoms with van der Waals surface area (Å²) in [6.07, 6.45) is -0.0128. The summed E-state index contributed by atoms with van der Waals surface area (Å²) < 4.78 is 18.2. The minimum atomic E-state index is -0.619. The topological polar surface area (TPSA) is 81.2 Å². The van der Waals surface area contributed by atoms with Gasteiger partial charge in [0.25, 0.3) is 5.91 Å². The molecule has 0 atom stereocenters. The van der Waals surface area contributed by atoms with Gasteiger partial charge in [0.1, 0.15) is 10.8 Å². The Bertz CT molecular complexity index is 660. The zero-order chi connectivity index (χ0) is 15.2.